The lowest BCUT2D eigenvalue weighted by atomic mass is 9.82. The number of ether oxygens (including phenoxy) is 2. The van der Waals surface area contributed by atoms with E-state index in [4.69, 9.17) is 9.47 Å². The summed E-state index contributed by atoms with van der Waals surface area (Å²) in [7, 11) is -3.12. The molecule has 3 fully saturated rings. The van der Waals surface area contributed by atoms with Crippen molar-refractivity contribution in [3.63, 3.8) is 0 Å². The molecule has 0 radical (unpaired) electrons. The summed E-state index contributed by atoms with van der Waals surface area (Å²) in [6.45, 7) is 2.73. The number of pyridine rings is 1. The molecule has 0 aromatic carbocycles. The van der Waals surface area contributed by atoms with Crippen LogP contribution in [0.2, 0.25) is 0 Å². The van der Waals surface area contributed by atoms with Gasteiger partial charge in [-0.15, -0.1) is 0 Å². The van der Waals surface area contributed by atoms with Gasteiger partial charge >= 0.3 is 0 Å². The molecule has 1 saturated carbocycles. The number of fused-ring (bicyclic) bond motifs is 1. The summed E-state index contributed by atoms with van der Waals surface area (Å²) in [6, 6.07) is 3.69. The fraction of sp³-hybridized carbons (Fsp3) is 0.667. The molecule has 120 valence electrons. The smallest absolute Gasteiger partial charge is 0.217 e. The molecule has 0 bridgehead atoms. The van der Waals surface area contributed by atoms with Gasteiger partial charge in [-0.3, -0.25) is 4.98 Å². The van der Waals surface area contributed by atoms with E-state index < -0.39 is 10.0 Å². The van der Waals surface area contributed by atoms with Gasteiger partial charge in [-0.05, 0) is 25.0 Å². The SMILES string of the molecule is O=S(=O)(C1CC1)N1C[C@@H]2COC[C@]2(COc2cccnc2)C1. The summed E-state index contributed by atoms with van der Waals surface area (Å²) in [6.07, 6.45) is 4.99. The number of hydrogen-bond donors (Lipinski definition) is 0. The third kappa shape index (κ3) is 2.41. The van der Waals surface area contributed by atoms with Crippen molar-refractivity contribution in [3.8, 4) is 5.75 Å². The van der Waals surface area contributed by atoms with Gasteiger partial charge in [-0.1, -0.05) is 0 Å². The highest BCUT2D eigenvalue weighted by atomic mass is 32.2. The molecule has 22 heavy (non-hydrogen) atoms. The quantitative estimate of drug-likeness (QED) is 0.805. The van der Waals surface area contributed by atoms with Gasteiger partial charge in [0.15, 0.2) is 0 Å². The van der Waals surface area contributed by atoms with Crippen LogP contribution in [0.4, 0.5) is 0 Å². The number of sulfonamides is 1. The van der Waals surface area contributed by atoms with Gasteiger partial charge in [0.1, 0.15) is 5.75 Å². The highest BCUT2D eigenvalue weighted by Gasteiger charge is 2.56. The predicted molar refractivity (Wildman–Crippen MR) is 80.0 cm³/mol. The van der Waals surface area contributed by atoms with Crippen molar-refractivity contribution in [2.24, 2.45) is 11.3 Å². The Kier molecular flexibility index (Phi) is 3.39. The first-order valence-electron chi connectivity index (χ1n) is 7.70. The molecule has 0 unspecified atom stereocenters. The van der Waals surface area contributed by atoms with Crippen molar-refractivity contribution in [1.29, 1.82) is 0 Å². The third-order valence-corrected chi connectivity index (χ3v) is 7.27. The van der Waals surface area contributed by atoms with Crippen molar-refractivity contribution in [3.05, 3.63) is 24.5 Å². The Bertz CT molecular complexity index is 647. The largest absolute Gasteiger partial charge is 0.491 e. The van der Waals surface area contributed by atoms with E-state index in [1.165, 1.54) is 0 Å². The average molecular weight is 324 g/mol. The van der Waals surface area contributed by atoms with E-state index in [-0.39, 0.29) is 16.6 Å². The molecule has 0 amide bonds. The minimum absolute atomic E-state index is 0.150. The molecular weight excluding hydrogens is 304 g/mol. The molecule has 3 aliphatic rings. The van der Waals surface area contributed by atoms with Gasteiger partial charge in [0.25, 0.3) is 0 Å². The number of hydrogen-bond acceptors (Lipinski definition) is 5. The number of aromatic nitrogens is 1. The normalized spacial score (nSPS) is 32.1. The highest BCUT2D eigenvalue weighted by molar-refractivity contribution is 7.90. The lowest BCUT2D eigenvalue weighted by Gasteiger charge is -2.27. The molecule has 4 rings (SSSR count). The predicted octanol–water partition coefficient (Wildman–Crippen LogP) is 0.901. The first kappa shape index (κ1) is 14.4. The summed E-state index contributed by atoms with van der Waals surface area (Å²) >= 11 is 0. The first-order chi connectivity index (χ1) is 10.6. The van der Waals surface area contributed by atoms with E-state index in [1.807, 2.05) is 12.1 Å². The highest BCUT2D eigenvalue weighted by Crippen LogP contribution is 2.45. The maximum Gasteiger partial charge on any atom is 0.217 e. The minimum atomic E-state index is -3.12. The average Bonchev–Trinajstić information content (AvgIpc) is 3.21. The molecule has 1 aromatic rings. The molecule has 7 heteroatoms. The van der Waals surface area contributed by atoms with Crippen LogP contribution in [0.3, 0.4) is 0 Å². The maximum absolute atomic E-state index is 12.5. The topological polar surface area (TPSA) is 68.7 Å². The Morgan fingerprint density at radius 1 is 1.45 bits per heavy atom. The summed E-state index contributed by atoms with van der Waals surface area (Å²) in [5, 5.41) is -0.150. The molecule has 0 spiro atoms. The summed E-state index contributed by atoms with van der Waals surface area (Å²) in [4.78, 5) is 4.04. The van der Waals surface area contributed by atoms with Crippen LogP contribution in [0.5, 0.6) is 5.75 Å². The minimum Gasteiger partial charge on any atom is -0.491 e. The Morgan fingerprint density at radius 2 is 2.32 bits per heavy atom. The zero-order chi connectivity index (χ0) is 15.2. The number of nitrogens with zero attached hydrogens (tertiary/aromatic N) is 2. The van der Waals surface area contributed by atoms with Gasteiger partial charge in [-0.25, -0.2) is 12.7 Å². The summed E-state index contributed by atoms with van der Waals surface area (Å²) in [5.74, 6) is 0.934. The Labute approximate surface area is 130 Å². The van der Waals surface area contributed by atoms with Crippen molar-refractivity contribution in [2.75, 3.05) is 32.9 Å². The molecule has 1 aromatic heterocycles. The van der Waals surface area contributed by atoms with Gasteiger partial charge in [0, 0.05) is 30.6 Å². The van der Waals surface area contributed by atoms with E-state index in [0.717, 1.165) is 12.8 Å². The second-order valence-corrected chi connectivity index (χ2v) is 8.80. The van der Waals surface area contributed by atoms with Crippen molar-refractivity contribution in [2.45, 2.75) is 18.1 Å². The fourth-order valence-corrected chi connectivity index (χ4v) is 5.40. The number of rotatable bonds is 5. The van der Waals surface area contributed by atoms with Crippen molar-refractivity contribution in [1.82, 2.24) is 9.29 Å². The van der Waals surface area contributed by atoms with Gasteiger partial charge < -0.3 is 9.47 Å². The van der Waals surface area contributed by atoms with Crippen LogP contribution >= 0.6 is 0 Å². The summed E-state index contributed by atoms with van der Waals surface area (Å²) in [5.41, 5.74) is -0.224. The van der Waals surface area contributed by atoms with Crippen LogP contribution in [0.1, 0.15) is 12.8 Å². The zero-order valence-corrected chi connectivity index (χ0v) is 13.2. The Hall–Kier alpha value is -1.18. The second kappa shape index (κ2) is 5.18. The third-order valence-electron chi connectivity index (χ3n) is 4.96. The van der Waals surface area contributed by atoms with Crippen LogP contribution in [-0.2, 0) is 14.8 Å². The maximum atomic E-state index is 12.5. The standard InChI is InChI=1S/C15H20N2O4S/c18-22(19,14-3-4-14)17-7-12-8-20-10-15(12,9-17)11-21-13-2-1-5-16-6-13/h1-2,5-6,12,14H,3-4,7-11H2/t12-,15+/m1/s1. The van der Waals surface area contributed by atoms with E-state index in [2.05, 4.69) is 4.98 Å². The molecule has 2 atom stereocenters. The van der Waals surface area contributed by atoms with Gasteiger partial charge in [-0.2, -0.15) is 0 Å². The fourth-order valence-electron chi connectivity index (χ4n) is 3.42. The van der Waals surface area contributed by atoms with Crippen molar-refractivity contribution >= 4 is 10.0 Å². The molecular formula is C15H20N2O4S. The molecule has 6 nitrogen and oxygen atoms in total. The van der Waals surface area contributed by atoms with E-state index >= 15 is 0 Å². The van der Waals surface area contributed by atoms with E-state index in [9.17, 15) is 8.42 Å². The molecule has 0 N–H and O–H groups in total. The van der Waals surface area contributed by atoms with Crippen LogP contribution in [0, 0.1) is 11.3 Å². The van der Waals surface area contributed by atoms with Gasteiger partial charge in [0.2, 0.25) is 10.0 Å². The second-order valence-electron chi connectivity index (χ2n) is 6.59. The van der Waals surface area contributed by atoms with Gasteiger partial charge in [0.05, 0.1) is 31.3 Å². The lowest BCUT2D eigenvalue weighted by molar-refractivity contribution is 0.101. The van der Waals surface area contributed by atoms with Crippen LogP contribution in [0.25, 0.3) is 0 Å². The monoisotopic (exact) mass is 324 g/mol. The Balaban J connectivity index is 1.49. The first-order valence-corrected chi connectivity index (χ1v) is 9.20. The lowest BCUT2D eigenvalue weighted by Crippen LogP contribution is -2.39. The molecule has 1 aliphatic carbocycles. The van der Waals surface area contributed by atoms with Crippen molar-refractivity contribution < 1.29 is 17.9 Å². The van der Waals surface area contributed by atoms with E-state index in [1.54, 1.807) is 16.7 Å². The van der Waals surface area contributed by atoms with Crippen LogP contribution < -0.4 is 4.74 Å². The van der Waals surface area contributed by atoms with E-state index in [0.29, 0.717) is 38.7 Å². The van der Waals surface area contributed by atoms with Crippen LogP contribution in [0.15, 0.2) is 24.5 Å². The van der Waals surface area contributed by atoms with Crippen LogP contribution in [-0.4, -0.2) is 55.9 Å². The molecule has 2 aliphatic heterocycles. The zero-order valence-electron chi connectivity index (χ0n) is 12.3. The molecule has 3 heterocycles. The Morgan fingerprint density at radius 3 is 3.05 bits per heavy atom. The molecule has 2 saturated heterocycles. The summed E-state index contributed by atoms with van der Waals surface area (Å²) < 4.78 is 38.1.